The Morgan fingerprint density at radius 2 is 2.23 bits per heavy atom. The highest BCUT2D eigenvalue weighted by Crippen LogP contribution is 2.53. The van der Waals surface area contributed by atoms with Gasteiger partial charge in [-0.15, -0.1) is 3.89 Å². The number of fused-ring (bicyclic) bond motifs is 2. The summed E-state index contributed by atoms with van der Waals surface area (Å²) in [6.45, 7) is 0. The number of rotatable bonds is 2. The van der Waals surface area contributed by atoms with E-state index in [0.29, 0.717) is 5.92 Å². The summed E-state index contributed by atoms with van der Waals surface area (Å²) in [6, 6.07) is -0.114. The Kier molecular flexibility index (Phi) is 1.93. The molecule has 76 valence electrons. The zero-order valence-electron chi connectivity index (χ0n) is 7.37. The minimum atomic E-state index is -4.36. The molecule has 3 atom stereocenters. The molecule has 2 aliphatic carbocycles. The molecule has 2 N–H and O–H groups in total. The van der Waals surface area contributed by atoms with E-state index in [4.69, 9.17) is 5.73 Å². The molecule has 3 unspecified atom stereocenters. The van der Waals surface area contributed by atoms with Crippen molar-refractivity contribution in [2.45, 2.75) is 31.7 Å². The topological polar surface area (TPSA) is 60.2 Å². The van der Waals surface area contributed by atoms with Crippen molar-refractivity contribution in [1.82, 2.24) is 0 Å². The van der Waals surface area contributed by atoms with Gasteiger partial charge in [-0.25, -0.2) is 0 Å². The van der Waals surface area contributed by atoms with E-state index in [9.17, 15) is 12.3 Å². The van der Waals surface area contributed by atoms with Crippen LogP contribution in [0.2, 0.25) is 0 Å². The second-order valence-corrected chi connectivity index (χ2v) is 5.86. The van der Waals surface area contributed by atoms with Gasteiger partial charge in [0.1, 0.15) is 0 Å². The zero-order valence-corrected chi connectivity index (χ0v) is 8.19. The normalized spacial score (nSPS) is 44.2. The fourth-order valence-corrected chi connectivity index (χ4v) is 4.16. The molecule has 0 aromatic rings. The van der Waals surface area contributed by atoms with E-state index in [2.05, 4.69) is 0 Å². The van der Waals surface area contributed by atoms with Crippen molar-refractivity contribution in [3.05, 3.63) is 0 Å². The summed E-state index contributed by atoms with van der Waals surface area (Å²) in [5.74, 6) is 0.175. The Bertz CT molecular complexity index is 316. The molecule has 0 saturated heterocycles. The first-order valence-electron chi connectivity index (χ1n) is 4.59. The molecule has 2 bridgehead atoms. The van der Waals surface area contributed by atoms with Gasteiger partial charge in [0.05, 0.1) is 5.75 Å². The summed E-state index contributed by atoms with van der Waals surface area (Å²) in [5.41, 5.74) is 5.40. The molecule has 0 spiro atoms. The molecular formula is C8H14FNO2S. The van der Waals surface area contributed by atoms with Crippen LogP contribution < -0.4 is 5.73 Å². The van der Waals surface area contributed by atoms with Crippen molar-refractivity contribution in [3.63, 3.8) is 0 Å². The van der Waals surface area contributed by atoms with Crippen molar-refractivity contribution in [1.29, 1.82) is 0 Å². The maximum absolute atomic E-state index is 12.6. The van der Waals surface area contributed by atoms with E-state index in [-0.39, 0.29) is 11.8 Å². The third kappa shape index (κ3) is 1.59. The minimum Gasteiger partial charge on any atom is -0.327 e. The molecule has 0 aliphatic heterocycles. The highest BCUT2D eigenvalue weighted by Gasteiger charge is 2.52. The summed E-state index contributed by atoms with van der Waals surface area (Å²) in [5, 5.41) is 0. The SMILES string of the molecule is NC1CC2CCC1(CS(=O)(=O)F)C2. The zero-order chi connectivity index (χ0) is 9.69. The van der Waals surface area contributed by atoms with Crippen molar-refractivity contribution in [2.75, 3.05) is 5.75 Å². The summed E-state index contributed by atoms with van der Waals surface area (Å²) in [6.07, 6.45) is 3.47. The van der Waals surface area contributed by atoms with Crippen molar-refractivity contribution in [3.8, 4) is 0 Å². The fraction of sp³-hybridized carbons (Fsp3) is 1.00. The van der Waals surface area contributed by atoms with Crippen molar-refractivity contribution < 1.29 is 12.3 Å². The second-order valence-electron chi connectivity index (χ2n) is 4.50. The Balaban J connectivity index is 2.20. The lowest BCUT2D eigenvalue weighted by atomic mass is 9.82. The second kappa shape index (κ2) is 2.67. The smallest absolute Gasteiger partial charge is 0.303 e. The third-order valence-corrected chi connectivity index (χ3v) is 4.50. The summed E-state index contributed by atoms with van der Waals surface area (Å²) < 4.78 is 33.8. The van der Waals surface area contributed by atoms with Crippen LogP contribution in [0.3, 0.4) is 0 Å². The predicted molar refractivity (Wildman–Crippen MR) is 47.3 cm³/mol. The maximum atomic E-state index is 12.6. The third-order valence-electron chi connectivity index (χ3n) is 3.58. The Hall–Kier alpha value is -0.160. The van der Waals surface area contributed by atoms with Gasteiger partial charge in [-0.3, -0.25) is 0 Å². The van der Waals surface area contributed by atoms with Crippen LogP contribution in [0.4, 0.5) is 3.89 Å². The van der Waals surface area contributed by atoms with Crippen molar-refractivity contribution in [2.24, 2.45) is 17.1 Å². The monoisotopic (exact) mass is 207 g/mol. The Morgan fingerprint density at radius 3 is 2.62 bits per heavy atom. The molecule has 0 aromatic carbocycles. The lowest BCUT2D eigenvalue weighted by Gasteiger charge is -2.30. The predicted octanol–water partition coefficient (Wildman–Crippen LogP) is 0.803. The summed E-state index contributed by atoms with van der Waals surface area (Å²) >= 11 is 0. The first kappa shape index (κ1) is 9.40. The van der Waals surface area contributed by atoms with Crippen LogP contribution in [0.5, 0.6) is 0 Å². The van der Waals surface area contributed by atoms with Gasteiger partial charge in [0.15, 0.2) is 0 Å². The van der Waals surface area contributed by atoms with Gasteiger partial charge in [0, 0.05) is 11.5 Å². The molecule has 3 nitrogen and oxygen atoms in total. The molecule has 2 aliphatic rings. The lowest BCUT2D eigenvalue weighted by Crippen LogP contribution is -2.41. The number of halogens is 1. The molecular weight excluding hydrogens is 193 g/mol. The van der Waals surface area contributed by atoms with Crippen LogP contribution in [0.15, 0.2) is 0 Å². The van der Waals surface area contributed by atoms with Crippen LogP contribution in [-0.2, 0) is 10.2 Å². The van der Waals surface area contributed by atoms with E-state index in [1.807, 2.05) is 0 Å². The quantitative estimate of drug-likeness (QED) is 0.681. The molecule has 5 heteroatoms. The standard InChI is InChI=1S/C8H14FNO2S/c9-13(11,12)5-8-2-1-6(4-8)3-7(8)10/h6-7H,1-5,10H2. The molecule has 2 rings (SSSR count). The van der Waals surface area contributed by atoms with Gasteiger partial charge in [0.25, 0.3) is 0 Å². The number of hydrogen-bond donors (Lipinski definition) is 1. The van der Waals surface area contributed by atoms with Gasteiger partial charge < -0.3 is 5.73 Å². The van der Waals surface area contributed by atoms with Gasteiger partial charge in [-0.2, -0.15) is 8.42 Å². The van der Waals surface area contributed by atoms with Crippen LogP contribution in [0.1, 0.15) is 25.7 Å². The summed E-state index contributed by atoms with van der Waals surface area (Å²) in [7, 11) is -4.36. The average Bonchev–Trinajstić information content (AvgIpc) is 2.39. The number of hydrogen-bond acceptors (Lipinski definition) is 3. The first-order chi connectivity index (χ1) is 5.91. The lowest BCUT2D eigenvalue weighted by molar-refractivity contribution is 0.281. The van der Waals surface area contributed by atoms with Crippen LogP contribution in [0.25, 0.3) is 0 Å². The molecule has 0 radical (unpaired) electrons. The van der Waals surface area contributed by atoms with Crippen LogP contribution in [0, 0.1) is 11.3 Å². The molecule has 0 heterocycles. The van der Waals surface area contributed by atoms with Gasteiger partial charge in [-0.1, -0.05) is 0 Å². The molecule has 0 amide bonds. The Morgan fingerprint density at radius 1 is 1.54 bits per heavy atom. The highest BCUT2D eigenvalue weighted by atomic mass is 32.3. The van der Waals surface area contributed by atoms with Crippen molar-refractivity contribution >= 4 is 10.2 Å². The van der Waals surface area contributed by atoms with Crippen LogP contribution in [-0.4, -0.2) is 20.2 Å². The maximum Gasteiger partial charge on any atom is 0.303 e. The van der Waals surface area contributed by atoms with Gasteiger partial charge in [0.2, 0.25) is 0 Å². The molecule has 0 aromatic heterocycles. The van der Waals surface area contributed by atoms with E-state index in [0.717, 1.165) is 25.7 Å². The van der Waals surface area contributed by atoms with Gasteiger partial charge in [-0.05, 0) is 31.6 Å². The molecule has 2 saturated carbocycles. The highest BCUT2D eigenvalue weighted by molar-refractivity contribution is 7.86. The van der Waals surface area contributed by atoms with E-state index in [1.165, 1.54) is 0 Å². The first-order valence-corrected chi connectivity index (χ1v) is 6.14. The molecule has 13 heavy (non-hydrogen) atoms. The van der Waals surface area contributed by atoms with E-state index in [1.54, 1.807) is 0 Å². The number of nitrogens with two attached hydrogens (primary N) is 1. The van der Waals surface area contributed by atoms with E-state index < -0.39 is 15.6 Å². The summed E-state index contributed by atoms with van der Waals surface area (Å²) in [4.78, 5) is 0. The minimum absolute atomic E-state index is 0.114. The van der Waals surface area contributed by atoms with E-state index >= 15 is 0 Å². The average molecular weight is 207 g/mol. The fourth-order valence-electron chi connectivity index (χ4n) is 3.00. The molecule has 2 fully saturated rings. The Labute approximate surface area is 77.7 Å². The van der Waals surface area contributed by atoms with Crippen LogP contribution >= 0.6 is 0 Å². The van der Waals surface area contributed by atoms with Gasteiger partial charge >= 0.3 is 10.2 Å². The largest absolute Gasteiger partial charge is 0.327 e.